The van der Waals surface area contributed by atoms with Crippen LogP contribution in [0.3, 0.4) is 0 Å². The molecule has 1 saturated carbocycles. The van der Waals surface area contributed by atoms with Gasteiger partial charge in [0, 0.05) is 10.5 Å². The highest BCUT2D eigenvalue weighted by molar-refractivity contribution is 9.10. The normalized spacial score (nSPS) is 28.3. The molecule has 3 nitrogen and oxygen atoms in total. The van der Waals surface area contributed by atoms with Gasteiger partial charge in [0.1, 0.15) is 0 Å². The summed E-state index contributed by atoms with van der Waals surface area (Å²) < 4.78 is 28.3. The molecule has 0 aromatic heterocycles. The van der Waals surface area contributed by atoms with E-state index in [2.05, 4.69) is 34.5 Å². The molecule has 1 aromatic carbocycles. The van der Waals surface area contributed by atoms with Crippen molar-refractivity contribution < 1.29 is 8.42 Å². The minimum absolute atomic E-state index is 0.0425. The van der Waals surface area contributed by atoms with E-state index in [1.807, 2.05) is 6.07 Å². The Morgan fingerprint density at radius 1 is 1.21 bits per heavy atom. The molecule has 1 aromatic rings. The molecule has 5 heteroatoms. The first-order valence-corrected chi connectivity index (χ1v) is 8.96. The van der Waals surface area contributed by atoms with Crippen molar-refractivity contribution in [3.8, 4) is 0 Å². The summed E-state index contributed by atoms with van der Waals surface area (Å²) in [5, 5.41) is 0. The summed E-state index contributed by atoms with van der Waals surface area (Å²) in [4.78, 5) is 0.320. The maximum Gasteiger partial charge on any atom is 0.241 e. The van der Waals surface area contributed by atoms with Crippen LogP contribution in [0.4, 0.5) is 0 Å². The molecule has 0 radical (unpaired) electrons. The van der Waals surface area contributed by atoms with Crippen molar-refractivity contribution in [3.63, 3.8) is 0 Å². The second-order valence-electron chi connectivity index (χ2n) is 5.43. The summed E-state index contributed by atoms with van der Waals surface area (Å²) in [6, 6.07) is 6.98. The van der Waals surface area contributed by atoms with E-state index in [0.29, 0.717) is 21.2 Å². The van der Waals surface area contributed by atoms with E-state index in [0.717, 1.165) is 12.8 Å². The summed E-state index contributed by atoms with van der Waals surface area (Å²) in [5.41, 5.74) is 0. The average molecular weight is 346 g/mol. The maximum absolute atomic E-state index is 12.4. The first-order chi connectivity index (χ1) is 8.92. The first-order valence-electron chi connectivity index (χ1n) is 6.68. The molecule has 19 heavy (non-hydrogen) atoms. The molecule has 0 unspecified atom stereocenters. The van der Waals surface area contributed by atoms with E-state index < -0.39 is 10.0 Å². The lowest BCUT2D eigenvalue weighted by Gasteiger charge is -2.34. The van der Waals surface area contributed by atoms with Crippen LogP contribution in [0.5, 0.6) is 0 Å². The Hall–Kier alpha value is -0.390. The van der Waals surface area contributed by atoms with Crippen LogP contribution >= 0.6 is 15.9 Å². The van der Waals surface area contributed by atoms with E-state index in [1.165, 1.54) is 6.42 Å². The Kier molecular flexibility index (Phi) is 4.69. The van der Waals surface area contributed by atoms with Crippen molar-refractivity contribution in [2.45, 2.75) is 44.0 Å². The van der Waals surface area contributed by atoms with E-state index in [-0.39, 0.29) is 6.04 Å². The monoisotopic (exact) mass is 345 g/mol. The summed E-state index contributed by atoms with van der Waals surface area (Å²) >= 11 is 3.30. The Bertz CT molecular complexity index is 544. The fourth-order valence-electron chi connectivity index (χ4n) is 2.67. The molecule has 0 heterocycles. The lowest BCUT2D eigenvalue weighted by Crippen LogP contribution is -2.43. The molecule has 0 aliphatic heterocycles. The molecule has 0 bridgehead atoms. The molecule has 3 atom stereocenters. The topological polar surface area (TPSA) is 46.2 Å². The van der Waals surface area contributed by atoms with Crippen molar-refractivity contribution in [3.05, 3.63) is 28.7 Å². The van der Waals surface area contributed by atoms with Crippen LogP contribution in [-0.4, -0.2) is 14.5 Å². The van der Waals surface area contributed by atoms with Crippen LogP contribution in [0.15, 0.2) is 33.6 Å². The summed E-state index contributed by atoms with van der Waals surface area (Å²) in [7, 11) is -3.44. The van der Waals surface area contributed by atoms with Gasteiger partial charge in [0.2, 0.25) is 10.0 Å². The van der Waals surface area contributed by atoms with Crippen molar-refractivity contribution in [2.75, 3.05) is 0 Å². The first kappa shape index (κ1) is 15.0. The van der Waals surface area contributed by atoms with Gasteiger partial charge in [-0.2, -0.15) is 0 Å². The minimum atomic E-state index is -3.44. The Morgan fingerprint density at radius 2 is 1.89 bits per heavy atom. The number of sulfonamides is 1. The van der Waals surface area contributed by atoms with Crippen LogP contribution in [-0.2, 0) is 10.0 Å². The lowest BCUT2D eigenvalue weighted by molar-refractivity contribution is 0.227. The Balaban J connectivity index is 2.20. The average Bonchev–Trinajstić information content (AvgIpc) is 2.35. The third kappa shape index (κ3) is 3.38. The van der Waals surface area contributed by atoms with Crippen LogP contribution < -0.4 is 4.72 Å². The quantitative estimate of drug-likeness (QED) is 0.910. The summed E-state index contributed by atoms with van der Waals surface area (Å²) in [6.45, 7) is 4.33. The Morgan fingerprint density at radius 3 is 2.58 bits per heavy atom. The van der Waals surface area contributed by atoms with Gasteiger partial charge in [0.25, 0.3) is 0 Å². The molecule has 1 aliphatic rings. The fourth-order valence-corrected chi connectivity index (χ4v) is 5.04. The van der Waals surface area contributed by atoms with Gasteiger partial charge in [-0.15, -0.1) is 0 Å². The van der Waals surface area contributed by atoms with Gasteiger partial charge < -0.3 is 0 Å². The number of hydrogen-bond donors (Lipinski definition) is 1. The highest BCUT2D eigenvalue weighted by atomic mass is 79.9. The highest BCUT2D eigenvalue weighted by Crippen LogP contribution is 2.31. The molecule has 0 spiro atoms. The molecule has 1 fully saturated rings. The van der Waals surface area contributed by atoms with Gasteiger partial charge in [-0.25, -0.2) is 13.1 Å². The van der Waals surface area contributed by atoms with E-state index in [4.69, 9.17) is 0 Å². The van der Waals surface area contributed by atoms with Crippen LogP contribution in [0, 0.1) is 11.8 Å². The predicted molar refractivity (Wildman–Crippen MR) is 80.4 cm³/mol. The number of hydrogen-bond acceptors (Lipinski definition) is 2. The predicted octanol–water partition coefficient (Wildman–Crippen LogP) is 3.55. The molecule has 2 rings (SSSR count). The van der Waals surface area contributed by atoms with Crippen LogP contribution in [0.1, 0.15) is 33.1 Å². The third-order valence-corrected chi connectivity index (χ3v) is 6.64. The van der Waals surface area contributed by atoms with E-state index in [9.17, 15) is 8.42 Å². The molecule has 1 N–H and O–H groups in total. The molecule has 1 aliphatic carbocycles. The van der Waals surface area contributed by atoms with Crippen molar-refractivity contribution in [2.24, 2.45) is 11.8 Å². The van der Waals surface area contributed by atoms with Gasteiger partial charge in [0.05, 0.1) is 4.90 Å². The van der Waals surface area contributed by atoms with E-state index >= 15 is 0 Å². The minimum Gasteiger partial charge on any atom is -0.208 e. The number of nitrogens with one attached hydrogen (secondary N) is 1. The van der Waals surface area contributed by atoms with Crippen LogP contribution in [0.2, 0.25) is 0 Å². The Labute approximate surface area is 124 Å². The van der Waals surface area contributed by atoms with Gasteiger partial charge in [0.15, 0.2) is 0 Å². The molecule has 0 saturated heterocycles. The second-order valence-corrected chi connectivity index (χ2v) is 7.96. The highest BCUT2D eigenvalue weighted by Gasteiger charge is 2.31. The van der Waals surface area contributed by atoms with Gasteiger partial charge >= 0.3 is 0 Å². The smallest absolute Gasteiger partial charge is 0.208 e. The zero-order valence-electron chi connectivity index (χ0n) is 11.3. The third-order valence-electron chi connectivity index (χ3n) is 4.14. The number of rotatable bonds is 3. The van der Waals surface area contributed by atoms with Crippen molar-refractivity contribution >= 4 is 26.0 Å². The largest absolute Gasteiger partial charge is 0.241 e. The zero-order valence-corrected chi connectivity index (χ0v) is 13.7. The fraction of sp³-hybridized carbons (Fsp3) is 0.571. The lowest BCUT2D eigenvalue weighted by atomic mass is 9.78. The summed E-state index contributed by atoms with van der Waals surface area (Å²) in [5.74, 6) is 0.951. The SMILES string of the molecule is C[C@@H]1[C@H](C)CCC[C@@H]1NS(=O)(=O)c1ccccc1Br. The maximum atomic E-state index is 12.4. The zero-order chi connectivity index (χ0) is 14.0. The van der Waals surface area contributed by atoms with Crippen molar-refractivity contribution in [1.82, 2.24) is 4.72 Å². The van der Waals surface area contributed by atoms with E-state index in [1.54, 1.807) is 18.2 Å². The number of halogens is 1. The molecule has 0 amide bonds. The standard InChI is InChI=1S/C14H20BrNO2S/c1-10-6-5-8-13(11(10)2)16-19(17,18)14-9-4-3-7-12(14)15/h3-4,7,9-11,13,16H,5-6,8H2,1-2H3/t10-,11-,13+/m1/s1. The molecule has 106 valence electrons. The molecular weight excluding hydrogens is 326 g/mol. The van der Waals surface area contributed by atoms with Crippen LogP contribution in [0.25, 0.3) is 0 Å². The molecular formula is C14H20BrNO2S. The summed E-state index contributed by atoms with van der Waals surface area (Å²) in [6.07, 6.45) is 3.21. The number of benzene rings is 1. The van der Waals surface area contributed by atoms with Gasteiger partial charge in [-0.1, -0.05) is 38.8 Å². The van der Waals surface area contributed by atoms with Gasteiger partial charge in [-0.3, -0.25) is 0 Å². The van der Waals surface area contributed by atoms with Crippen molar-refractivity contribution in [1.29, 1.82) is 0 Å². The second kappa shape index (κ2) is 5.94. The van der Waals surface area contributed by atoms with Gasteiger partial charge in [-0.05, 0) is 46.3 Å².